The molecule has 0 aliphatic rings. The Hall–Kier alpha value is -2.77. The fourth-order valence-corrected chi connectivity index (χ4v) is 2.09. The van der Waals surface area contributed by atoms with Crippen LogP contribution < -0.4 is 14.9 Å². The van der Waals surface area contributed by atoms with Gasteiger partial charge in [-0.2, -0.15) is 5.10 Å². The largest absolute Gasteiger partial charge is 0.497 e. The monoisotopic (exact) mass is 398 g/mol. The van der Waals surface area contributed by atoms with E-state index < -0.39 is 17.5 Å². The van der Waals surface area contributed by atoms with Crippen LogP contribution in [-0.4, -0.2) is 24.4 Å². The van der Waals surface area contributed by atoms with Crippen molar-refractivity contribution in [2.24, 2.45) is 5.10 Å². The van der Waals surface area contributed by atoms with Crippen LogP contribution in [0.1, 0.15) is 0 Å². The van der Waals surface area contributed by atoms with E-state index in [2.05, 4.69) is 10.5 Å². The van der Waals surface area contributed by atoms with Crippen LogP contribution in [0.4, 0.5) is 10.1 Å². The molecule has 0 fully saturated rings. The van der Waals surface area contributed by atoms with E-state index in [1.54, 1.807) is 12.1 Å². The van der Waals surface area contributed by atoms with Crippen LogP contribution in [0.2, 0.25) is 5.02 Å². The number of hydrazone groups is 1. The normalized spacial score (nSPS) is 11.8. The molecule has 9 heteroatoms. The molecule has 0 heterocycles. The second kappa shape index (κ2) is 9.07. The van der Waals surface area contributed by atoms with Crippen molar-refractivity contribution in [2.75, 3.05) is 12.5 Å². The van der Waals surface area contributed by atoms with Crippen LogP contribution in [0, 0.1) is 5.82 Å². The van der Waals surface area contributed by atoms with Gasteiger partial charge >= 0.3 is 5.97 Å². The van der Waals surface area contributed by atoms with Gasteiger partial charge in [-0.3, -0.25) is 5.43 Å². The number of allylic oxidation sites excluding steroid dienone is 1. The molecule has 0 bridgehead atoms. The van der Waals surface area contributed by atoms with Crippen molar-refractivity contribution in [3.8, 4) is 11.5 Å². The Morgan fingerprint density at radius 2 is 1.88 bits per heavy atom. The van der Waals surface area contributed by atoms with Gasteiger partial charge in [-0.25, -0.2) is 9.18 Å². The minimum Gasteiger partial charge on any atom is -0.497 e. The third kappa shape index (κ3) is 5.37. The van der Waals surface area contributed by atoms with Crippen molar-refractivity contribution < 1.29 is 23.8 Å². The molecule has 0 saturated heterocycles. The van der Waals surface area contributed by atoms with E-state index in [1.807, 2.05) is 0 Å². The van der Waals surface area contributed by atoms with Gasteiger partial charge in [0.1, 0.15) is 22.3 Å². The number of halogens is 3. The van der Waals surface area contributed by atoms with Crippen molar-refractivity contribution in [3.05, 3.63) is 64.1 Å². The van der Waals surface area contributed by atoms with Crippen LogP contribution in [0.5, 0.6) is 11.5 Å². The molecular weight excluding hydrogens is 386 g/mol. The van der Waals surface area contributed by atoms with E-state index in [-0.39, 0.29) is 15.8 Å². The highest BCUT2D eigenvalue weighted by atomic mass is 35.5. The van der Waals surface area contributed by atoms with Crippen LogP contribution >= 0.6 is 23.2 Å². The molecule has 6 nitrogen and oxygen atoms in total. The predicted molar refractivity (Wildman–Crippen MR) is 97.7 cm³/mol. The zero-order valence-electron chi connectivity index (χ0n) is 13.4. The maximum absolute atomic E-state index is 13.1. The lowest BCUT2D eigenvalue weighted by molar-refractivity contribution is -0.135. The van der Waals surface area contributed by atoms with Gasteiger partial charge in [0.25, 0.3) is 0 Å². The lowest BCUT2D eigenvalue weighted by Crippen LogP contribution is -2.10. The number of rotatable bonds is 7. The van der Waals surface area contributed by atoms with Gasteiger partial charge < -0.3 is 14.6 Å². The summed E-state index contributed by atoms with van der Waals surface area (Å²) in [4.78, 5) is 11.4. The van der Waals surface area contributed by atoms with Crippen molar-refractivity contribution >= 4 is 41.1 Å². The van der Waals surface area contributed by atoms with Crippen molar-refractivity contribution in [3.63, 3.8) is 0 Å². The number of ether oxygens (including phenoxy) is 2. The van der Waals surface area contributed by atoms with Crippen LogP contribution in [0.3, 0.4) is 0 Å². The van der Waals surface area contributed by atoms with Crippen molar-refractivity contribution in [2.45, 2.75) is 0 Å². The SMILES string of the molecule is COc1ccc(OC(C(=O)O)=C(Cl)C=NNc2ccc(F)c(Cl)c2)cc1. The summed E-state index contributed by atoms with van der Waals surface area (Å²) in [6.07, 6.45) is 1.05. The summed E-state index contributed by atoms with van der Waals surface area (Å²) < 4.78 is 23.4. The number of carboxylic acid groups (broad SMARTS) is 1. The maximum Gasteiger partial charge on any atom is 0.373 e. The van der Waals surface area contributed by atoms with Gasteiger partial charge in [0.15, 0.2) is 0 Å². The van der Waals surface area contributed by atoms with E-state index in [1.165, 1.54) is 31.4 Å². The summed E-state index contributed by atoms with van der Waals surface area (Å²) >= 11 is 11.6. The summed E-state index contributed by atoms with van der Waals surface area (Å²) in [5.41, 5.74) is 2.94. The minimum atomic E-state index is -1.37. The Kier molecular flexibility index (Phi) is 6.82. The number of methoxy groups -OCH3 is 1. The number of hydrogen-bond acceptors (Lipinski definition) is 5. The van der Waals surface area contributed by atoms with Gasteiger partial charge in [-0.05, 0) is 42.5 Å². The first-order valence-electron chi connectivity index (χ1n) is 7.10. The third-order valence-electron chi connectivity index (χ3n) is 2.98. The number of carboxylic acids is 1. The Balaban J connectivity index is 2.12. The topological polar surface area (TPSA) is 80.2 Å². The van der Waals surface area contributed by atoms with Gasteiger partial charge in [0.2, 0.25) is 5.76 Å². The number of aliphatic carboxylic acids is 1. The Labute approximate surface area is 158 Å². The minimum absolute atomic E-state index is 0.0825. The maximum atomic E-state index is 13.1. The number of nitrogens with zero attached hydrogens (tertiary/aromatic N) is 1. The molecule has 2 rings (SSSR count). The average molecular weight is 399 g/mol. The molecule has 0 unspecified atom stereocenters. The van der Waals surface area contributed by atoms with Crippen molar-refractivity contribution in [1.29, 1.82) is 0 Å². The standard InChI is InChI=1S/C17H13Cl2FN2O4/c1-25-11-3-5-12(6-4-11)26-16(17(23)24)14(19)9-21-22-10-2-7-15(20)13(18)8-10/h2-9,22H,1H3,(H,23,24). The summed E-state index contributed by atoms with van der Waals surface area (Å²) in [6, 6.07) is 10.2. The van der Waals surface area contributed by atoms with E-state index >= 15 is 0 Å². The molecule has 0 aliphatic carbocycles. The molecule has 0 aliphatic heterocycles. The number of anilines is 1. The zero-order valence-corrected chi connectivity index (χ0v) is 14.9. The van der Waals surface area contributed by atoms with E-state index in [0.717, 1.165) is 12.3 Å². The van der Waals surface area contributed by atoms with Crippen LogP contribution in [0.15, 0.2) is 58.4 Å². The van der Waals surface area contributed by atoms with E-state index in [4.69, 9.17) is 32.7 Å². The molecule has 0 aromatic heterocycles. The summed E-state index contributed by atoms with van der Waals surface area (Å²) in [7, 11) is 1.51. The van der Waals surface area contributed by atoms with Crippen LogP contribution in [0.25, 0.3) is 0 Å². The average Bonchev–Trinajstić information content (AvgIpc) is 2.62. The highest BCUT2D eigenvalue weighted by Gasteiger charge is 2.15. The zero-order chi connectivity index (χ0) is 19.1. The lowest BCUT2D eigenvalue weighted by Gasteiger charge is -2.08. The van der Waals surface area contributed by atoms with Crippen LogP contribution in [-0.2, 0) is 4.79 Å². The number of carbonyl (C=O) groups is 1. The first kappa shape index (κ1) is 19.6. The third-order valence-corrected chi connectivity index (χ3v) is 3.54. The summed E-state index contributed by atoms with van der Waals surface area (Å²) in [6.45, 7) is 0. The highest BCUT2D eigenvalue weighted by Crippen LogP contribution is 2.22. The highest BCUT2D eigenvalue weighted by molar-refractivity contribution is 6.41. The molecule has 0 saturated carbocycles. The summed E-state index contributed by atoms with van der Waals surface area (Å²) in [5, 5.41) is 12.7. The van der Waals surface area contributed by atoms with Crippen molar-refractivity contribution in [1.82, 2.24) is 0 Å². The van der Waals surface area contributed by atoms with Gasteiger partial charge in [0.05, 0.1) is 24.0 Å². The first-order valence-corrected chi connectivity index (χ1v) is 7.85. The molecule has 26 heavy (non-hydrogen) atoms. The molecule has 0 atom stereocenters. The Morgan fingerprint density at radius 3 is 2.46 bits per heavy atom. The van der Waals surface area contributed by atoms with E-state index in [9.17, 15) is 14.3 Å². The van der Waals surface area contributed by atoms with Gasteiger partial charge in [-0.15, -0.1) is 0 Å². The Bertz CT molecular complexity index is 854. The quantitative estimate of drug-likeness (QED) is 0.310. The molecule has 0 amide bonds. The first-order chi connectivity index (χ1) is 12.4. The lowest BCUT2D eigenvalue weighted by atomic mass is 10.3. The molecule has 0 spiro atoms. The van der Waals surface area contributed by atoms with E-state index in [0.29, 0.717) is 11.4 Å². The van der Waals surface area contributed by atoms with Gasteiger partial charge in [-0.1, -0.05) is 23.2 Å². The molecular formula is C17H13Cl2FN2O4. The smallest absolute Gasteiger partial charge is 0.373 e. The fraction of sp³-hybridized carbons (Fsp3) is 0.0588. The molecule has 2 aromatic carbocycles. The Morgan fingerprint density at radius 1 is 1.23 bits per heavy atom. The number of benzene rings is 2. The predicted octanol–water partition coefficient (Wildman–Crippen LogP) is 4.50. The molecule has 0 radical (unpaired) electrons. The number of nitrogens with one attached hydrogen (secondary N) is 1. The van der Waals surface area contributed by atoms with Gasteiger partial charge in [0, 0.05) is 0 Å². The second-order valence-electron chi connectivity index (χ2n) is 4.76. The molecule has 2 aromatic rings. The molecule has 2 N–H and O–H groups in total. The number of hydrogen-bond donors (Lipinski definition) is 2. The second-order valence-corrected chi connectivity index (χ2v) is 5.57. The molecule has 136 valence electrons. The summed E-state index contributed by atoms with van der Waals surface area (Å²) in [5.74, 6) is -1.61. The fourth-order valence-electron chi connectivity index (χ4n) is 1.74.